The van der Waals surface area contributed by atoms with Crippen LogP contribution in [0.25, 0.3) is 0 Å². The Labute approximate surface area is 124 Å². The Balaban J connectivity index is 1.90. The van der Waals surface area contributed by atoms with E-state index in [1.165, 1.54) is 25.0 Å². The molecule has 0 unspecified atom stereocenters. The minimum Gasteiger partial charge on any atom is -0.493 e. The van der Waals surface area contributed by atoms with E-state index >= 15 is 0 Å². The van der Waals surface area contributed by atoms with Crippen molar-refractivity contribution in [3.05, 3.63) is 33.9 Å². The molecule has 1 aromatic carbocycles. The number of hydrogen-bond donors (Lipinski definition) is 1. The van der Waals surface area contributed by atoms with E-state index in [9.17, 15) is 15.2 Å². The SMILES string of the molecule is C[C@H](O)c1cc([N+](=O)[O-])ccc1OCCCN1CCCC1. The summed E-state index contributed by atoms with van der Waals surface area (Å²) < 4.78 is 5.68. The van der Waals surface area contributed by atoms with Gasteiger partial charge in [0.25, 0.3) is 5.69 Å². The predicted octanol–water partition coefficient (Wildman–Crippen LogP) is 2.51. The maximum Gasteiger partial charge on any atom is 0.270 e. The van der Waals surface area contributed by atoms with Gasteiger partial charge in [0.05, 0.1) is 17.6 Å². The summed E-state index contributed by atoms with van der Waals surface area (Å²) in [7, 11) is 0. The molecule has 1 heterocycles. The van der Waals surface area contributed by atoms with Crippen LogP contribution in [0.15, 0.2) is 18.2 Å². The quantitative estimate of drug-likeness (QED) is 0.475. The second kappa shape index (κ2) is 7.38. The highest BCUT2D eigenvalue weighted by Gasteiger charge is 2.16. The highest BCUT2D eigenvalue weighted by atomic mass is 16.6. The first-order valence-corrected chi connectivity index (χ1v) is 7.39. The van der Waals surface area contributed by atoms with Crippen LogP contribution in [0.5, 0.6) is 5.75 Å². The fourth-order valence-corrected chi connectivity index (χ4v) is 2.58. The lowest BCUT2D eigenvalue weighted by atomic mass is 10.1. The van der Waals surface area contributed by atoms with Gasteiger partial charge in [0, 0.05) is 24.2 Å². The van der Waals surface area contributed by atoms with Crippen LogP contribution in [0.3, 0.4) is 0 Å². The summed E-state index contributed by atoms with van der Waals surface area (Å²) in [6.45, 7) is 5.47. The molecule has 1 fully saturated rings. The average Bonchev–Trinajstić information content (AvgIpc) is 2.96. The molecule has 6 heteroatoms. The normalized spacial score (nSPS) is 16.9. The molecular formula is C15H22N2O4. The molecule has 1 aromatic rings. The zero-order valence-electron chi connectivity index (χ0n) is 12.3. The molecule has 1 aliphatic rings. The molecule has 21 heavy (non-hydrogen) atoms. The third-order valence-corrected chi connectivity index (χ3v) is 3.73. The first kappa shape index (κ1) is 15.7. The Morgan fingerprint density at radius 1 is 1.43 bits per heavy atom. The van der Waals surface area contributed by atoms with Gasteiger partial charge in [0.2, 0.25) is 0 Å². The molecule has 2 rings (SSSR count). The van der Waals surface area contributed by atoms with Gasteiger partial charge >= 0.3 is 0 Å². The van der Waals surface area contributed by atoms with Gasteiger partial charge in [0.15, 0.2) is 0 Å². The molecule has 0 amide bonds. The lowest BCUT2D eigenvalue weighted by Gasteiger charge is -2.16. The van der Waals surface area contributed by atoms with Gasteiger partial charge in [-0.15, -0.1) is 0 Å². The van der Waals surface area contributed by atoms with E-state index in [-0.39, 0.29) is 5.69 Å². The Bertz CT molecular complexity index is 485. The van der Waals surface area contributed by atoms with E-state index in [4.69, 9.17) is 4.74 Å². The third kappa shape index (κ3) is 4.41. The standard InChI is InChI=1S/C15H22N2O4/c1-12(18)14-11-13(17(19)20)5-6-15(14)21-10-4-9-16-7-2-3-8-16/h5-6,11-12,18H,2-4,7-10H2,1H3/t12-/m0/s1. The Morgan fingerprint density at radius 3 is 2.76 bits per heavy atom. The molecule has 1 atom stereocenters. The minimum atomic E-state index is -0.793. The van der Waals surface area contributed by atoms with Crippen molar-refractivity contribution in [1.82, 2.24) is 4.90 Å². The number of non-ortho nitro benzene ring substituents is 1. The van der Waals surface area contributed by atoms with Crippen LogP contribution in [-0.2, 0) is 0 Å². The van der Waals surface area contributed by atoms with Crippen molar-refractivity contribution in [1.29, 1.82) is 0 Å². The van der Waals surface area contributed by atoms with Crippen LogP contribution in [0.4, 0.5) is 5.69 Å². The number of nitrogens with zero attached hydrogens (tertiary/aromatic N) is 2. The Kier molecular flexibility index (Phi) is 5.52. The van der Waals surface area contributed by atoms with Crippen molar-refractivity contribution in [3.8, 4) is 5.75 Å². The minimum absolute atomic E-state index is 0.0321. The van der Waals surface area contributed by atoms with Crippen molar-refractivity contribution < 1.29 is 14.8 Å². The Hall–Kier alpha value is -1.66. The fraction of sp³-hybridized carbons (Fsp3) is 0.600. The summed E-state index contributed by atoms with van der Waals surface area (Å²) >= 11 is 0. The van der Waals surface area contributed by atoms with E-state index in [2.05, 4.69) is 4.90 Å². The molecule has 1 saturated heterocycles. The van der Waals surface area contributed by atoms with E-state index in [1.54, 1.807) is 13.0 Å². The van der Waals surface area contributed by atoms with Crippen LogP contribution in [-0.4, -0.2) is 41.2 Å². The summed E-state index contributed by atoms with van der Waals surface area (Å²) in [5, 5.41) is 20.5. The zero-order valence-corrected chi connectivity index (χ0v) is 12.3. The predicted molar refractivity (Wildman–Crippen MR) is 79.5 cm³/mol. The molecule has 0 radical (unpaired) electrons. The van der Waals surface area contributed by atoms with E-state index in [1.807, 2.05) is 0 Å². The maximum atomic E-state index is 10.8. The first-order valence-electron chi connectivity index (χ1n) is 7.39. The summed E-state index contributed by atoms with van der Waals surface area (Å²) in [5.41, 5.74) is 0.431. The lowest BCUT2D eigenvalue weighted by Crippen LogP contribution is -2.22. The van der Waals surface area contributed by atoms with Gasteiger partial charge in [-0.25, -0.2) is 0 Å². The number of likely N-dealkylation sites (tertiary alicyclic amines) is 1. The highest BCUT2D eigenvalue weighted by molar-refractivity contribution is 5.44. The molecule has 0 aliphatic carbocycles. The van der Waals surface area contributed by atoms with Crippen molar-refractivity contribution in [2.75, 3.05) is 26.2 Å². The van der Waals surface area contributed by atoms with Crippen LogP contribution in [0, 0.1) is 10.1 Å². The zero-order chi connectivity index (χ0) is 15.2. The van der Waals surface area contributed by atoms with Crippen LogP contribution >= 0.6 is 0 Å². The summed E-state index contributed by atoms with van der Waals surface area (Å²) in [5.74, 6) is 0.525. The molecule has 1 N–H and O–H groups in total. The molecule has 1 aliphatic heterocycles. The number of aliphatic hydroxyl groups is 1. The number of benzene rings is 1. The molecule has 116 valence electrons. The molecule has 0 bridgehead atoms. The smallest absolute Gasteiger partial charge is 0.270 e. The summed E-state index contributed by atoms with van der Waals surface area (Å²) in [4.78, 5) is 12.7. The molecular weight excluding hydrogens is 272 g/mol. The van der Waals surface area contributed by atoms with Crippen molar-refractivity contribution >= 4 is 5.69 Å². The Morgan fingerprint density at radius 2 is 2.14 bits per heavy atom. The van der Waals surface area contributed by atoms with Crippen molar-refractivity contribution in [2.45, 2.75) is 32.3 Å². The second-order valence-electron chi connectivity index (χ2n) is 5.41. The number of nitro groups is 1. The molecule has 0 aromatic heterocycles. The number of rotatable bonds is 7. The fourth-order valence-electron chi connectivity index (χ4n) is 2.58. The molecule has 0 saturated carbocycles. The van der Waals surface area contributed by atoms with Crippen LogP contribution < -0.4 is 4.74 Å². The number of ether oxygens (including phenoxy) is 1. The summed E-state index contributed by atoms with van der Waals surface area (Å²) in [6, 6.07) is 4.35. The average molecular weight is 294 g/mol. The van der Waals surface area contributed by atoms with Gasteiger partial charge in [-0.3, -0.25) is 10.1 Å². The van der Waals surface area contributed by atoms with E-state index < -0.39 is 11.0 Å². The second-order valence-corrected chi connectivity index (χ2v) is 5.41. The van der Waals surface area contributed by atoms with E-state index in [0.29, 0.717) is 17.9 Å². The highest BCUT2D eigenvalue weighted by Crippen LogP contribution is 2.29. The number of hydrogen-bond acceptors (Lipinski definition) is 5. The third-order valence-electron chi connectivity index (χ3n) is 3.73. The van der Waals surface area contributed by atoms with Gasteiger partial charge in [0.1, 0.15) is 5.75 Å². The molecule has 0 spiro atoms. The van der Waals surface area contributed by atoms with Gasteiger partial charge in [-0.1, -0.05) is 0 Å². The summed E-state index contributed by atoms with van der Waals surface area (Å²) in [6.07, 6.45) is 2.67. The van der Waals surface area contributed by atoms with Crippen molar-refractivity contribution in [3.63, 3.8) is 0 Å². The topological polar surface area (TPSA) is 75.8 Å². The van der Waals surface area contributed by atoms with Gasteiger partial charge in [-0.2, -0.15) is 0 Å². The van der Waals surface area contributed by atoms with Gasteiger partial charge in [-0.05, 0) is 45.3 Å². The number of nitro benzene ring substituents is 1. The lowest BCUT2D eigenvalue weighted by molar-refractivity contribution is -0.385. The number of aliphatic hydroxyl groups excluding tert-OH is 1. The monoisotopic (exact) mass is 294 g/mol. The van der Waals surface area contributed by atoms with Gasteiger partial charge < -0.3 is 14.7 Å². The maximum absolute atomic E-state index is 10.8. The molecule has 6 nitrogen and oxygen atoms in total. The van der Waals surface area contributed by atoms with Crippen LogP contribution in [0.2, 0.25) is 0 Å². The van der Waals surface area contributed by atoms with Crippen LogP contribution in [0.1, 0.15) is 37.9 Å². The first-order chi connectivity index (χ1) is 10.1. The largest absolute Gasteiger partial charge is 0.493 e. The van der Waals surface area contributed by atoms with E-state index in [0.717, 1.165) is 26.1 Å². The van der Waals surface area contributed by atoms with Crippen molar-refractivity contribution in [2.24, 2.45) is 0 Å².